The Hall–Kier alpha value is -3.18. The molecule has 7 nitrogen and oxygen atoms in total. The van der Waals surface area contributed by atoms with E-state index in [0.29, 0.717) is 37.8 Å². The number of aromatic amines is 1. The minimum atomic E-state index is -0.508. The van der Waals surface area contributed by atoms with Crippen molar-refractivity contribution < 1.29 is 14.3 Å². The number of aromatic nitrogens is 2. The maximum absolute atomic E-state index is 12.3. The van der Waals surface area contributed by atoms with Crippen molar-refractivity contribution in [2.24, 2.45) is 0 Å². The van der Waals surface area contributed by atoms with Gasteiger partial charge in [0.25, 0.3) is 5.56 Å². The van der Waals surface area contributed by atoms with E-state index in [4.69, 9.17) is 14.7 Å². The summed E-state index contributed by atoms with van der Waals surface area (Å²) in [7, 11) is 0. The van der Waals surface area contributed by atoms with Gasteiger partial charge >= 0.3 is 5.97 Å². The molecule has 0 bridgehead atoms. The predicted octanol–water partition coefficient (Wildman–Crippen LogP) is 2.71. The third-order valence-electron chi connectivity index (χ3n) is 3.67. The number of H-pyrrole nitrogens is 1. The third-order valence-corrected chi connectivity index (χ3v) is 4.84. The summed E-state index contributed by atoms with van der Waals surface area (Å²) in [6, 6.07) is 8.67. The normalized spacial score (nSPS) is 10.5. The van der Waals surface area contributed by atoms with Crippen LogP contribution in [0, 0.1) is 25.2 Å². The summed E-state index contributed by atoms with van der Waals surface area (Å²) in [5, 5.41) is 9.16. The van der Waals surface area contributed by atoms with E-state index in [1.54, 1.807) is 38.1 Å². The Morgan fingerprint density at radius 3 is 2.69 bits per heavy atom. The molecule has 0 unspecified atom stereocenters. The van der Waals surface area contributed by atoms with Crippen molar-refractivity contribution in [3.05, 3.63) is 56.4 Å². The summed E-state index contributed by atoms with van der Waals surface area (Å²) in [5.41, 5.74) is 0.851. The zero-order valence-corrected chi connectivity index (χ0v) is 15.0. The van der Waals surface area contributed by atoms with E-state index in [9.17, 15) is 9.59 Å². The van der Waals surface area contributed by atoms with Crippen LogP contribution in [0.15, 0.2) is 29.1 Å². The number of rotatable bonds is 5. The van der Waals surface area contributed by atoms with Gasteiger partial charge in [-0.25, -0.2) is 9.78 Å². The number of nitrogens with zero attached hydrogens (tertiary/aromatic N) is 2. The number of nitriles is 1. The summed E-state index contributed by atoms with van der Waals surface area (Å²) in [6.07, 6.45) is 0. The molecule has 0 spiro atoms. The van der Waals surface area contributed by atoms with Crippen molar-refractivity contribution in [2.45, 2.75) is 13.8 Å². The Morgan fingerprint density at radius 1 is 1.27 bits per heavy atom. The highest BCUT2D eigenvalue weighted by atomic mass is 32.1. The van der Waals surface area contributed by atoms with Crippen molar-refractivity contribution in [3.63, 3.8) is 0 Å². The number of benzene rings is 1. The van der Waals surface area contributed by atoms with Crippen LogP contribution in [-0.2, 0) is 4.74 Å². The van der Waals surface area contributed by atoms with Crippen LogP contribution in [0.5, 0.6) is 5.75 Å². The summed E-state index contributed by atoms with van der Waals surface area (Å²) in [4.78, 5) is 32.1. The topological polar surface area (TPSA) is 105 Å². The molecule has 8 heteroatoms. The van der Waals surface area contributed by atoms with Crippen LogP contribution in [0.4, 0.5) is 0 Å². The van der Waals surface area contributed by atoms with Gasteiger partial charge in [0.1, 0.15) is 34.5 Å². The van der Waals surface area contributed by atoms with E-state index in [-0.39, 0.29) is 18.8 Å². The van der Waals surface area contributed by atoms with Gasteiger partial charge in [-0.1, -0.05) is 0 Å². The number of hydrogen-bond acceptors (Lipinski definition) is 7. The maximum Gasteiger partial charge on any atom is 0.348 e. The van der Waals surface area contributed by atoms with E-state index >= 15 is 0 Å². The first-order chi connectivity index (χ1) is 12.5. The fraction of sp³-hybridized carbons (Fsp3) is 0.222. The summed E-state index contributed by atoms with van der Waals surface area (Å²) < 4.78 is 10.7. The molecule has 132 valence electrons. The molecule has 0 aliphatic rings. The first kappa shape index (κ1) is 17.6. The fourth-order valence-electron chi connectivity index (χ4n) is 2.43. The lowest BCUT2D eigenvalue weighted by Crippen LogP contribution is -2.13. The van der Waals surface area contributed by atoms with Crippen molar-refractivity contribution in [1.82, 2.24) is 9.97 Å². The molecule has 0 saturated heterocycles. The molecule has 1 N–H and O–H groups in total. The monoisotopic (exact) mass is 369 g/mol. The molecule has 0 aliphatic heterocycles. The molecule has 0 saturated carbocycles. The first-order valence-electron chi connectivity index (χ1n) is 7.79. The van der Waals surface area contributed by atoms with Crippen LogP contribution in [0.25, 0.3) is 10.2 Å². The average Bonchev–Trinajstić information content (AvgIpc) is 2.95. The Morgan fingerprint density at radius 2 is 2.00 bits per heavy atom. The number of fused-ring (bicyclic) bond motifs is 1. The van der Waals surface area contributed by atoms with E-state index in [1.807, 2.05) is 6.07 Å². The number of ether oxygens (including phenoxy) is 2. The second-order valence-electron chi connectivity index (χ2n) is 5.51. The van der Waals surface area contributed by atoms with Gasteiger partial charge in [0.15, 0.2) is 0 Å². The molecule has 3 rings (SSSR count). The predicted molar refractivity (Wildman–Crippen MR) is 96.6 cm³/mol. The average molecular weight is 369 g/mol. The standard InChI is InChI=1S/C18H15N3O4S/c1-10-14-16(22)20-11(2)21-17(14)26-15(10)18(23)25-8-7-24-13-5-3-12(9-19)4-6-13/h3-6H,7-8H2,1-2H3,(H,20,21,22). The SMILES string of the molecule is Cc1nc2sc(C(=O)OCCOc3ccc(C#N)cc3)c(C)c2c(=O)[nH]1. The van der Waals surface area contributed by atoms with Crippen molar-refractivity contribution in [3.8, 4) is 11.8 Å². The van der Waals surface area contributed by atoms with Crippen LogP contribution in [-0.4, -0.2) is 29.2 Å². The minimum Gasteiger partial charge on any atom is -0.490 e. The summed E-state index contributed by atoms with van der Waals surface area (Å²) >= 11 is 1.14. The minimum absolute atomic E-state index is 0.0648. The summed E-state index contributed by atoms with van der Waals surface area (Å²) in [5.74, 6) is 0.578. The number of thiophene rings is 1. The molecule has 2 aromatic heterocycles. The maximum atomic E-state index is 12.3. The smallest absolute Gasteiger partial charge is 0.348 e. The van der Waals surface area contributed by atoms with E-state index in [1.165, 1.54) is 0 Å². The number of carbonyl (C=O) groups is 1. The van der Waals surface area contributed by atoms with Gasteiger partial charge in [-0.05, 0) is 43.7 Å². The second kappa shape index (κ2) is 7.37. The van der Waals surface area contributed by atoms with Gasteiger partial charge in [-0.2, -0.15) is 5.26 Å². The van der Waals surface area contributed by atoms with Crippen LogP contribution in [0.2, 0.25) is 0 Å². The van der Waals surface area contributed by atoms with E-state index in [2.05, 4.69) is 9.97 Å². The zero-order chi connectivity index (χ0) is 18.7. The number of esters is 1. The number of hydrogen-bond donors (Lipinski definition) is 1. The Labute approximate surface area is 152 Å². The zero-order valence-electron chi connectivity index (χ0n) is 14.2. The molecule has 1 aromatic carbocycles. The molecule has 0 radical (unpaired) electrons. The molecular formula is C18H15N3O4S. The van der Waals surface area contributed by atoms with Gasteiger partial charge in [-0.3, -0.25) is 4.79 Å². The molecule has 0 fully saturated rings. The molecule has 2 heterocycles. The third kappa shape index (κ3) is 3.58. The molecule has 26 heavy (non-hydrogen) atoms. The lowest BCUT2D eigenvalue weighted by atomic mass is 10.2. The highest BCUT2D eigenvalue weighted by molar-refractivity contribution is 7.20. The van der Waals surface area contributed by atoms with Gasteiger partial charge in [0.2, 0.25) is 0 Å². The summed E-state index contributed by atoms with van der Waals surface area (Å²) in [6.45, 7) is 3.64. The van der Waals surface area contributed by atoms with Crippen LogP contribution < -0.4 is 10.3 Å². The van der Waals surface area contributed by atoms with Gasteiger partial charge in [-0.15, -0.1) is 11.3 Å². The largest absolute Gasteiger partial charge is 0.490 e. The first-order valence-corrected chi connectivity index (χ1v) is 8.61. The molecular weight excluding hydrogens is 354 g/mol. The number of nitrogens with one attached hydrogen (secondary N) is 1. The Bertz CT molecular complexity index is 1060. The van der Waals surface area contributed by atoms with Crippen molar-refractivity contribution >= 4 is 27.5 Å². The molecule has 3 aromatic rings. The fourth-order valence-corrected chi connectivity index (χ4v) is 3.55. The quantitative estimate of drug-likeness (QED) is 0.548. The molecule has 0 aliphatic carbocycles. The second-order valence-corrected chi connectivity index (χ2v) is 6.51. The highest BCUT2D eigenvalue weighted by Crippen LogP contribution is 2.27. The van der Waals surface area contributed by atoms with E-state index < -0.39 is 5.97 Å². The van der Waals surface area contributed by atoms with Gasteiger partial charge in [0, 0.05) is 0 Å². The van der Waals surface area contributed by atoms with Crippen LogP contribution in [0.3, 0.4) is 0 Å². The van der Waals surface area contributed by atoms with Crippen molar-refractivity contribution in [1.29, 1.82) is 5.26 Å². The van der Waals surface area contributed by atoms with E-state index in [0.717, 1.165) is 11.3 Å². The Balaban J connectivity index is 1.62. The lowest BCUT2D eigenvalue weighted by molar-refractivity contribution is 0.0455. The van der Waals surface area contributed by atoms with Crippen molar-refractivity contribution in [2.75, 3.05) is 13.2 Å². The van der Waals surface area contributed by atoms with Crippen LogP contribution >= 0.6 is 11.3 Å². The highest BCUT2D eigenvalue weighted by Gasteiger charge is 2.20. The van der Waals surface area contributed by atoms with Crippen LogP contribution in [0.1, 0.15) is 26.6 Å². The molecule has 0 atom stereocenters. The Kier molecular flexibility index (Phi) is 5.00. The molecule has 0 amide bonds. The lowest BCUT2D eigenvalue weighted by Gasteiger charge is -2.07. The van der Waals surface area contributed by atoms with Gasteiger partial charge < -0.3 is 14.5 Å². The number of aryl methyl sites for hydroxylation is 2. The number of carbonyl (C=O) groups excluding carboxylic acids is 1. The van der Waals surface area contributed by atoms with Gasteiger partial charge in [0.05, 0.1) is 17.0 Å².